The molecule has 7 heteroatoms. The highest BCUT2D eigenvalue weighted by Gasteiger charge is 2.12. The van der Waals surface area contributed by atoms with Crippen LogP contribution in [0.4, 0.5) is 5.13 Å². The van der Waals surface area contributed by atoms with Crippen molar-refractivity contribution in [3.05, 3.63) is 11.1 Å². The minimum absolute atomic E-state index is 0.0272. The summed E-state index contributed by atoms with van der Waals surface area (Å²) in [5.74, 6) is -0.523. The van der Waals surface area contributed by atoms with Gasteiger partial charge in [0.25, 0.3) is 5.91 Å². The van der Waals surface area contributed by atoms with E-state index in [-0.39, 0.29) is 24.1 Å². The molecule has 0 radical (unpaired) electrons. The molecule has 0 spiro atoms. The van der Waals surface area contributed by atoms with Gasteiger partial charge in [0.05, 0.1) is 6.54 Å². The summed E-state index contributed by atoms with van der Waals surface area (Å²) in [4.78, 5) is 28.2. The molecule has 0 aliphatic carbocycles. The number of carbonyl (C=O) groups is 2. The molecule has 0 aliphatic heterocycles. The van der Waals surface area contributed by atoms with E-state index in [0.717, 1.165) is 0 Å². The van der Waals surface area contributed by atoms with E-state index in [9.17, 15) is 9.59 Å². The summed E-state index contributed by atoms with van der Waals surface area (Å²) in [5, 5.41) is 4.38. The lowest BCUT2D eigenvalue weighted by Gasteiger charge is -2.14. The number of likely N-dealkylation sites (N-methyl/N-ethyl adjacent to an activating group) is 1. The molecule has 88 valence electrons. The molecular formula is C9H14N4O2S. The number of nitrogen functional groups attached to an aromatic ring is 1. The van der Waals surface area contributed by atoms with Crippen LogP contribution in [0.25, 0.3) is 0 Å². The van der Waals surface area contributed by atoms with Crippen molar-refractivity contribution in [3.8, 4) is 0 Å². The monoisotopic (exact) mass is 242 g/mol. The normalized spacial score (nSPS) is 9.88. The molecule has 1 aromatic heterocycles. The van der Waals surface area contributed by atoms with Gasteiger partial charge in [0.2, 0.25) is 5.91 Å². The molecule has 0 fully saturated rings. The van der Waals surface area contributed by atoms with E-state index in [2.05, 4.69) is 10.3 Å². The third kappa shape index (κ3) is 3.20. The van der Waals surface area contributed by atoms with Crippen molar-refractivity contribution in [3.63, 3.8) is 0 Å². The van der Waals surface area contributed by atoms with Crippen LogP contribution in [0, 0.1) is 0 Å². The van der Waals surface area contributed by atoms with Crippen molar-refractivity contribution in [2.24, 2.45) is 0 Å². The van der Waals surface area contributed by atoms with Crippen LogP contribution < -0.4 is 11.1 Å². The zero-order valence-corrected chi connectivity index (χ0v) is 10.0. The Morgan fingerprint density at radius 3 is 2.81 bits per heavy atom. The van der Waals surface area contributed by atoms with Crippen molar-refractivity contribution >= 4 is 28.3 Å². The van der Waals surface area contributed by atoms with E-state index in [0.29, 0.717) is 11.7 Å². The van der Waals surface area contributed by atoms with Crippen LogP contribution in [-0.4, -0.2) is 41.8 Å². The zero-order valence-electron chi connectivity index (χ0n) is 9.19. The number of anilines is 1. The lowest BCUT2D eigenvalue weighted by molar-refractivity contribution is -0.128. The van der Waals surface area contributed by atoms with Crippen LogP contribution >= 0.6 is 11.3 Å². The van der Waals surface area contributed by atoms with Gasteiger partial charge in [0.1, 0.15) is 5.69 Å². The summed E-state index contributed by atoms with van der Waals surface area (Å²) in [6.45, 7) is 2.44. The van der Waals surface area contributed by atoms with Gasteiger partial charge in [-0.05, 0) is 6.92 Å². The average Bonchev–Trinajstić information content (AvgIpc) is 2.71. The molecule has 0 bridgehead atoms. The Hall–Kier alpha value is -1.63. The molecule has 0 saturated heterocycles. The SMILES string of the molecule is CCN(C)C(=O)CNC(=O)c1csc(N)n1. The Morgan fingerprint density at radius 2 is 2.31 bits per heavy atom. The molecule has 1 aromatic rings. The Kier molecular flexibility index (Phi) is 4.24. The first-order valence-electron chi connectivity index (χ1n) is 4.77. The van der Waals surface area contributed by atoms with Gasteiger partial charge in [-0.2, -0.15) is 0 Å². The van der Waals surface area contributed by atoms with E-state index >= 15 is 0 Å². The molecule has 1 heterocycles. The second kappa shape index (κ2) is 5.45. The van der Waals surface area contributed by atoms with E-state index in [4.69, 9.17) is 5.73 Å². The maximum absolute atomic E-state index is 11.5. The number of rotatable bonds is 4. The van der Waals surface area contributed by atoms with Gasteiger partial charge >= 0.3 is 0 Å². The van der Waals surface area contributed by atoms with Crippen LogP contribution in [0.15, 0.2) is 5.38 Å². The molecule has 0 atom stereocenters. The highest BCUT2D eigenvalue weighted by molar-refractivity contribution is 7.13. The average molecular weight is 242 g/mol. The molecule has 1 rings (SSSR count). The summed E-state index contributed by atoms with van der Waals surface area (Å²) in [7, 11) is 1.68. The largest absolute Gasteiger partial charge is 0.375 e. The number of nitrogens with zero attached hydrogens (tertiary/aromatic N) is 2. The standard InChI is InChI=1S/C9H14N4O2S/c1-3-13(2)7(14)4-11-8(15)6-5-16-9(10)12-6/h5H,3-4H2,1-2H3,(H2,10,12)(H,11,15). The summed E-state index contributed by atoms with van der Waals surface area (Å²) >= 11 is 1.19. The molecule has 0 aliphatic rings. The van der Waals surface area contributed by atoms with Gasteiger partial charge in [-0.15, -0.1) is 11.3 Å². The summed E-state index contributed by atoms with van der Waals surface area (Å²) in [5.41, 5.74) is 5.64. The van der Waals surface area contributed by atoms with Gasteiger partial charge in [-0.1, -0.05) is 0 Å². The van der Waals surface area contributed by atoms with Crippen molar-refractivity contribution < 1.29 is 9.59 Å². The van der Waals surface area contributed by atoms with Crippen LogP contribution in [0.3, 0.4) is 0 Å². The Morgan fingerprint density at radius 1 is 1.62 bits per heavy atom. The van der Waals surface area contributed by atoms with Gasteiger partial charge in [-0.3, -0.25) is 9.59 Å². The van der Waals surface area contributed by atoms with Crippen LogP contribution in [-0.2, 0) is 4.79 Å². The van der Waals surface area contributed by atoms with Crippen LogP contribution in [0.5, 0.6) is 0 Å². The molecular weight excluding hydrogens is 228 g/mol. The highest BCUT2D eigenvalue weighted by atomic mass is 32.1. The number of aromatic nitrogens is 1. The van der Waals surface area contributed by atoms with Crippen LogP contribution in [0.1, 0.15) is 17.4 Å². The predicted molar refractivity (Wildman–Crippen MR) is 62.2 cm³/mol. The molecule has 6 nitrogen and oxygen atoms in total. The fourth-order valence-corrected chi connectivity index (χ4v) is 1.49. The number of hydrogen-bond donors (Lipinski definition) is 2. The van der Waals surface area contributed by atoms with Gasteiger partial charge in [0.15, 0.2) is 5.13 Å². The first kappa shape index (κ1) is 12.4. The molecule has 2 amide bonds. The van der Waals surface area contributed by atoms with E-state index in [1.54, 1.807) is 12.4 Å². The highest BCUT2D eigenvalue weighted by Crippen LogP contribution is 2.10. The van der Waals surface area contributed by atoms with E-state index < -0.39 is 0 Å². The summed E-state index contributed by atoms with van der Waals surface area (Å²) in [6.07, 6.45) is 0. The third-order valence-electron chi connectivity index (χ3n) is 2.05. The molecule has 0 aromatic carbocycles. The number of hydrogen-bond acceptors (Lipinski definition) is 5. The smallest absolute Gasteiger partial charge is 0.271 e. The number of nitrogens with one attached hydrogen (secondary N) is 1. The first-order valence-corrected chi connectivity index (χ1v) is 5.65. The fraction of sp³-hybridized carbons (Fsp3) is 0.444. The first-order chi connectivity index (χ1) is 7.54. The predicted octanol–water partition coefficient (Wildman–Crippen LogP) is -0.0666. The minimum Gasteiger partial charge on any atom is -0.375 e. The molecule has 3 N–H and O–H groups in total. The third-order valence-corrected chi connectivity index (χ3v) is 2.73. The maximum Gasteiger partial charge on any atom is 0.271 e. The fourth-order valence-electron chi connectivity index (χ4n) is 0.950. The van der Waals surface area contributed by atoms with E-state index in [1.807, 2.05) is 6.92 Å². The molecule has 16 heavy (non-hydrogen) atoms. The topological polar surface area (TPSA) is 88.3 Å². The molecule has 0 unspecified atom stereocenters. The lowest BCUT2D eigenvalue weighted by Crippen LogP contribution is -2.38. The summed E-state index contributed by atoms with van der Waals surface area (Å²) < 4.78 is 0. The quantitative estimate of drug-likeness (QED) is 0.773. The Labute approximate surface area is 97.5 Å². The Balaban J connectivity index is 2.44. The van der Waals surface area contributed by atoms with Crippen LogP contribution in [0.2, 0.25) is 0 Å². The van der Waals surface area contributed by atoms with Gasteiger partial charge in [0, 0.05) is 19.0 Å². The lowest BCUT2D eigenvalue weighted by atomic mass is 10.4. The van der Waals surface area contributed by atoms with E-state index in [1.165, 1.54) is 16.2 Å². The number of thiazole rings is 1. The van der Waals surface area contributed by atoms with Crippen molar-refractivity contribution in [2.45, 2.75) is 6.92 Å². The van der Waals surface area contributed by atoms with Gasteiger partial charge < -0.3 is 16.0 Å². The second-order valence-corrected chi connectivity index (χ2v) is 4.05. The number of carbonyl (C=O) groups excluding carboxylic acids is 2. The molecule has 0 saturated carbocycles. The number of amides is 2. The van der Waals surface area contributed by atoms with Crippen molar-refractivity contribution in [2.75, 3.05) is 25.9 Å². The zero-order chi connectivity index (χ0) is 12.1. The van der Waals surface area contributed by atoms with Crippen molar-refractivity contribution in [1.82, 2.24) is 15.2 Å². The Bertz CT molecular complexity index is 391. The minimum atomic E-state index is -0.384. The summed E-state index contributed by atoms with van der Waals surface area (Å²) in [6, 6.07) is 0. The van der Waals surface area contributed by atoms with Crippen molar-refractivity contribution in [1.29, 1.82) is 0 Å². The van der Waals surface area contributed by atoms with Gasteiger partial charge in [-0.25, -0.2) is 4.98 Å². The maximum atomic E-state index is 11.5. The second-order valence-electron chi connectivity index (χ2n) is 3.16. The number of nitrogens with two attached hydrogens (primary N) is 1.